The fourth-order valence-electron chi connectivity index (χ4n) is 2.27. The van der Waals surface area contributed by atoms with Gasteiger partial charge in [0.25, 0.3) is 0 Å². The summed E-state index contributed by atoms with van der Waals surface area (Å²) in [5, 5.41) is 12.1. The zero-order valence-electron chi connectivity index (χ0n) is 12.1. The highest BCUT2D eigenvalue weighted by Crippen LogP contribution is 2.11. The SMILES string of the molecule is N[C@H](Cc1ccc(O)cc1)C(=O)NCCN1CCSCC1. The van der Waals surface area contributed by atoms with Crippen LogP contribution in [-0.4, -0.2) is 59.6 Å². The minimum absolute atomic E-state index is 0.116. The van der Waals surface area contributed by atoms with Gasteiger partial charge in [-0.25, -0.2) is 0 Å². The van der Waals surface area contributed by atoms with Gasteiger partial charge < -0.3 is 16.2 Å². The standard InChI is InChI=1S/C15H23N3O2S/c16-14(11-12-1-3-13(19)4-2-12)15(20)17-5-6-18-7-9-21-10-8-18/h1-4,14,19H,5-11,16H2,(H,17,20)/t14-/m1/s1. The molecule has 0 saturated carbocycles. The number of amides is 1. The van der Waals surface area contributed by atoms with Gasteiger partial charge in [-0.1, -0.05) is 12.1 Å². The second-order valence-corrected chi connectivity index (χ2v) is 6.45. The van der Waals surface area contributed by atoms with Gasteiger partial charge in [-0.05, 0) is 24.1 Å². The van der Waals surface area contributed by atoms with Crippen molar-refractivity contribution in [3.05, 3.63) is 29.8 Å². The van der Waals surface area contributed by atoms with Crippen LogP contribution in [0.5, 0.6) is 5.75 Å². The maximum Gasteiger partial charge on any atom is 0.237 e. The number of thioether (sulfide) groups is 1. The zero-order chi connectivity index (χ0) is 15.1. The molecule has 21 heavy (non-hydrogen) atoms. The van der Waals surface area contributed by atoms with Gasteiger partial charge in [0.2, 0.25) is 5.91 Å². The second kappa shape index (κ2) is 8.26. The molecule has 1 atom stereocenters. The first kappa shape index (κ1) is 16.1. The fraction of sp³-hybridized carbons (Fsp3) is 0.533. The highest BCUT2D eigenvalue weighted by atomic mass is 32.2. The Hall–Kier alpha value is -1.24. The summed E-state index contributed by atoms with van der Waals surface area (Å²) in [5.74, 6) is 2.45. The average Bonchev–Trinajstić information content (AvgIpc) is 2.50. The van der Waals surface area contributed by atoms with Crippen LogP contribution in [0.15, 0.2) is 24.3 Å². The predicted octanol–water partition coefficient (Wildman–Crippen LogP) is 0.427. The molecule has 4 N–H and O–H groups in total. The monoisotopic (exact) mass is 309 g/mol. The molecule has 1 aliphatic heterocycles. The van der Waals surface area contributed by atoms with Crippen LogP contribution in [0.25, 0.3) is 0 Å². The summed E-state index contributed by atoms with van der Waals surface area (Å²) in [6.45, 7) is 3.73. The molecule has 0 aliphatic carbocycles. The highest BCUT2D eigenvalue weighted by Gasteiger charge is 2.15. The first-order valence-corrected chi connectivity index (χ1v) is 8.42. The summed E-state index contributed by atoms with van der Waals surface area (Å²) in [7, 11) is 0. The highest BCUT2D eigenvalue weighted by molar-refractivity contribution is 7.99. The Balaban J connectivity index is 1.68. The number of nitrogens with one attached hydrogen (secondary N) is 1. The number of benzene rings is 1. The Labute approximate surface area is 129 Å². The van der Waals surface area contributed by atoms with Crippen molar-refractivity contribution in [1.29, 1.82) is 0 Å². The van der Waals surface area contributed by atoms with Crippen molar-refractivity contribution in [2.45, 2.75) is 12.5 Å². The van der Waals surface area contributed by atoms with Gasteiger partial charge in [-0.2, -0.15) is 11.8 Å². The number of nitrogens with zero attached hydrogens (tertiary/aromatic N) is 1. The van der Waals surface area contributed by atoms with Gasteiger partial charge in [0.15, 0.2) is 0 Å². The maximum absolute atomic E-state index is 11.9. The minimum atomic E-state index is -0.550. The third-order valence-corrected chi connectivity index (χ3v) is 4.50. The smallest absolute Gasteiger partial charge is 0.237 e. The molecule has 1 amide bonds. The lowest BCUT2D eigenvalue weighted by atomic mass is 10.1. The molecule has 0 aromatic heterocycles. The van der Waals surface area contributed by atoms with E-state index in [9.17, 15) is 9.90 Å². The van der Waals surface area contributed by atoms with Crippen molar-refractivity contribution in [1.82, 2.24) is 10.2 Å². The second-order valence-electron chi connectivity index (χ2n) is 5.22. The van der Waals surface area contributed by atoms with E-state index >= 15 is 0 Å². The summed E-state index contributed by atoms with van der Waals surface area (Å²) in [6.07, 6.45) is 0.479. The Bertz CT molecular complexity index is 447. The number of carbonyl (C=O) groups is 1. The van der Waals surface area contributed by atoms with E-state index in [4.69, 9.17) is 5.73 Å². The molecule has 1 saturated heterocycles. The van der Waals surface area contributed by atoms with Crippen LogP contribution in [0.4, 0.5) is 0 Å². The maximum atomic E-state index is 11.9. The lowest BCUT2D eigenvalue weighted by Crippen LogP contribution is -2.45. The van der Waals surface area contributed by atoms with E-state index in [1.54, 1.807) is 24.3 Å². The van der Waals surface area contributed by atoms with Crippen LogP contribution in [0.1, 0.15) is 5.56 Å². The number of nitrogens with two attached hydrogens (primary N) is 1. The van der Waals surface area contributed by atoms with Gasteiger partial charge in [0, 0.05) is 37.7 Å². The first-order valence-electron chi connectivity index (χ1n) is 7.26. The van der Waals surface area contributed by atoms with Gasteiger partial charge >= 0.3 is 0 Å². The van der Waals surface area contributed by atoms with Crippen molar-refractivity contribution in [2.75, 3.05) is 37.7 Å². The van der Waals surface area contributed by atoms with E-state index in [-0.39, 0.29) is 11.7 Å². The lowest BCUT2D eigenvalue weighted by Gasteiger charge is -2.26. The van der Waals surface area contributed by atoms with E-state index in [0.717, 1.165) is 25.2 Å². The molecular weight excluding hydrogens is 286 g/mol. The molecule has 1 heterocycles. The number of carbonyl (C=O) groups excluding carboxylic acids is 1. The molecule has 1 aliphatic rings. The fourth-order valence-corrected chi connectivity index (χ4v) is 3.25. The largest absolute Gasteiger partial charge is 0.508 e. The van der Waals surface area contributed by atoms with Gasteiger partial charge in [0.05, 0.1) is 6.04 Å². The minimum Gasteiger partial charge on any atom is -0.508 e. The first-order chi connectivity index (χ1) is 10.1. The molecule has 1 aromatic rings. The third-order valence-electron chi connectivity index (χ3n) is 3.56. The van der Waals surface area contributed by atoms with E-state index in [2.05, 4.69) is 10.2 Å². The molecule has 0 unspecified atom stereocenters. The Morgan fingerprint density at radius 3 is 2.67 bits per heavy atom. The van der Waals surface area contributed by atoms with Crippen LogP contribution in [0.2, 0.25) is 0 Å². The topological polar surface area (TPSA) is 78.6 Å². The molecule has 116 valence electrons. The number of aromatic hydroxyl groups is 1. The van der Waals surface area contributed by atoms with Crippen LogP contribution in [0.3, 0.4) is 0 Å². The molecule has 6 heteroatoms. The summed E-state index contributed by atoms with van der Waals surface area (Å²) in [5.41, 5.74) is 6.86. The number of hydrogen-bond donors (Lipinski definition) is 3. The van der Waals surface area contributed by atoms with Crippen molar-refractivity contribution in [3.63, 3.8) is 0 Å². The number of phenols is 1. The molecule has 0 spiro atoms. The molecule has 1 aromatic carbocycles. The molecule has 2 rings (SSSR count). The zero-order valence-corrected chi connectivity index (χ0v) is 12.9. The third kappa shape index (κ3) is 5.57. The van der Waals surface area contributed by atoms with Gasteiger partial charge in [-0.15, -0.1) is 0 Å². The number of rotatable bonds is 6. The van der Waals surface area contributed by atoms with Crippen molar-refractivity contribution in [2.24, 2.45) is 5.73 Å². The quantitative estimate of drug-likeness (QED) is 0.710. The summed E-state index contributed by atoms with van der Waals surface area (Å²) >= 11 is 1.98. The van der Waals surface area contributed by atoms with E-state index in [1.165, 1.54) is 11.5 Å². The van der Waals surface area contributed by atoms with E-state index < -0.39 is 6.04 Å². The Morgan fingerprint density at radius 2 is 2.00 bits per heavy atom. The predicted molar refractivity (Wildman–Crippen MR) is 86.6 cm³/mol. The van der Waals surface area contributed by atoms with Crippen molar-refractivity contribution >= 4 is 17.7 Å². The Morgan fingerprint density at radius 1 is 1.33 bits per heavy atom. The van der Waals surface area contributed by atoms with Crippen LogP contribution >= 0.6 is 11.8 Å². The molecule has 1 fully saturated rings. The van der Waals surface area contributed by atoms with E-state index in [1.807, 2.05) is 11.8 Å². The van der Waals surface area contributed by atoms with Gasteiger partial charge in [0.1, 0.15) is 5.75 Å². The summed E-state index contributed by atoms with van der Waals surface area (Å²) < 4.78 is 0. The van der Waals surface area contributed by atoms with Crippen molar-refractivity contribution in [3.8, 4) is 5.75 Å². The average molecular weight is 309 g/mol. The molecule has 5 nitrogen and oxygen atoms in total. The van der Waals surface area contributed by atoms with Crippen LogP contribution in [-0.2, 0) is 11.2 Å². The normalized spacial score (nSPS) is 17.4. The molecule has 0 bridgehead atoms. The summed E-state index contributed by atoms with van der Waals surface area (Å²) in [4.78, 5) is 14.3. The summed E-state index contributed by atoms with van der Waals surface area (Å²) in [6, 6.07) is 6.23. The molecule has 0 radical (unpaired) electrons. The van der Waals surface area contributed by atoms with Crippen molar-refractivity contribution < 1.29 is 9.90 Å². The van der Waals surface area contributed by atoms with E-state index in [0.29, 0.717) is 13.0 Å². The lowest BCUT2D eigenvalue weighted by molar-refractivity contribution is -0.122. The number of phenolic OH excluding ortho intramolecular Hbond substituents is 1. The number of hydrogen-bond acceptors (Lipinski definition) is 5. The Kier molecular flexibility index (Phi) is 6.35. The van der Waals surface area contributed by atoms with Crippen LogP contribution < -0.4 is 11.1 Å². The van der Waals surface area contributed by atoms with Gasteiger partial charge in [-0.3, -0.25) is 9.69 Å². The molecular formula is C15H23N3O2S. The van der Waals surface area contributed by atoms with Crippen LogP contribution in [0, 0.1) is 0 Å².